The monoisotopic (exact) mass is 273 g/mol. The van der Waals surface area contributed by atoms with E-state index in [9.17, 15) is 0 Å². The molecule has 1 unspecified atom stereocenters. The van der Waals surface area contributed by atoms with E-state index in [1.165, 1.54) is 53.5 Å². The summed E-state index contributed by atoms with van der Waals surface area (Å²) in [4.78, 5) is 0. The van der Waals surface area contributed by atoms with Crippen LogP contribution in [0.15, 0.2) is 0 Å². The number of hydrogen-bond donors (Lipinski definition) is 1. The summed E-state index contributed by atoms with van der Waals surface area (Å²) in [5.74, 6) is 0.828. The molecular weight excluding hydrogens is 242 g/mol. The molecule has 0 aliphatic heterocycles. The molecule has 20 heavy (non-hydrogen) atoms. The molecule has 1 aliphatic rings. The first kappa shape index (κ1) is 15.6. The Morgan fingerprint density at radius 1 is 0.850 bits per heavy atom. The summed E-state index contributed by atoms with van der Waals surface area (Å²) < 4.78 is 0. The zero-order chi connectivity index (χ0) is 14.9. The molecule has 1 atom stereocenters. The van der Waals surface area contributed by atoms with Crippen molar-refractivity contribution >= 4 is 0 Å². The standard InChI is InChI=1S/C19H31N/c1-7-20-19(17-10-8-9-11-17)18-15(5)13(3)12(2)14(4)16(18)6/h17,19-20H,7-11H2,1-6H3. The molecule has 0 amide bonds. The van der Waals surface area contributed by atoms with Crippen LogP contribution in [0, 0.1) is 40.5 Å². The van der Waals surface area contributed by atoms with Crippen molar-refractivity contribution in [2.75, 3.05) is 6.54 Å². The summed E-state index contributed by atoms with van der Waals surface area (Å²) >= 11 is 0. The fourth-order valence-electron chi connectivity index (χ4n) is 4.01. The molecule has 0 bridgehead atoms. The Bertz CT molecular complexity index is 452. The minimum absolute atomic E-state index is 0.556. The second-order valence-electron chi connectivity index (χ2n) is 6.62. The summed E-state index contributed by atoms with van der Waals surface area (Å²) in [6.07, 6.45) is 5.61. The summed E-state index contributed by atoms with van der Waals surface area (Å²) in [6.45, 7) is 14.8. The molecule has 0 spiro atoms. The van der Waals surface area contributed by atoms with Gasteiger partial charge in [0, 0.05) is 6.04 Å². The van der Waals surface area contributed by atoms with Crippen LogP contribution in [-0.4, -0.2) is 6.54 Å². The first-order chi connectivity index (χ1) is 9.49. The van der Waals surface area contributed by atoms with E-state index in [4.69, 9.17) is 0 Å². The normalized spacial score (nSPS) is 17.7. The van der Waals surface area contributed by atoms with Crippen LogP contribution in [-0.2, 0) is 0 Å². The summed E-state index contributed by atoms with van der Waals surface area (Å²) in [6, 6.07) is 0.556. The maximum atomic E-state index is 3.80. The van der Waals surface area contributed by atoms with Gasteiger partial charge >= 0.3 is 0 Å². The van der Waals surface area contributed by atoms with Gasteiger partial charge in [0.15, 0.2) is 0 Å². The van der Waals surface area contributed by atoms with Crippen molar-refractivity contribution in [1.29, 1.82) is 0 Å². The van der Waals surface area contributed by atoms with E-state index >= 15 is 0 Å². The van der Waals surface area contributed by atoms with Gasteiger partial charge in [0.2, 0.25) is 0 Å². The van der Waals surface area contributed by atoms with Crippen LogP contribution in [0.4, 0.5) is 0 Å². The molecular formula is C19H31N. The highest BCUT2D eigenvalue weighted by molar-refractivity contribution is 5.51. The highest BCUT2D eigenvalue weighted by Gasteiger charge is 2.29. The van der Waals surface area contributed by atoms with Gasteiger partial charge in [-0.3, -0.25) is 0 Å². The van der Waals surface area contributed by atoms with Crippen LogP contribution in [0.25, 0.3) is 0 Å². The second-order valence-corrected chi connectivity index (χ2v) is 6.62. The molecule has 2 rings (SSSR count). The zero-order valence-electron chi connectivity index (χ0n) is 14.2. The van der Waals surface area contributed by atoms with Crippen molar-refractivity contribution in [3.63, 3.8) is 0 Å². The Morgan fingerprint density at radius 3 is 1.75 bits per heavy atom. The van der Waals surface area contributed by atoms with Gasteiger partial charge in [-0.2, -0.15) is 0 Å². The molecule has 1 aromatic rings. The Morgan fingerprint density at radius 2 is 1.30 bits per heavy atom. The maximum absolute atomic E-state index is 3.80. The maximum Gasteiger partial charge on any atom is 0.0354 e. The van der Waals surface area contributed by atoms with Crippen LogP contribution >= 0.6 is 0 Å². The lowest BCUT2D eigenvalue weighted by Gasteiger charge is -2.30. The predicted molar refractivity (Wildman–Crippen MR) is 88.5 cm³/mol. The average molecular weight is 273 g/mol. The minimum atomic E-state index is 0.556. The van der Waals surface area contributed by atoms with Gasteiger partial charge in [0.05, 0.1) is 0 Å². The van der Waals surface area contributed by atoms with E-state index in [0.29, 0.717) is 6.04 Å². The smallest absolute Gasteiger partial charge is 0.0354 e. The first-order valence-electron chi connectivity index (χ1n) is 8.29. The lowest BCUT2D eigenvalue weighted by Crippen LogP contribution is -2.29. The number of nitrogens with one attached hydrogen (secondary N) is 1. The molecule has 1 aromatic carbocycles. The zero-order valence-corrected chi connectivity index (χ0v) is 14.2. The van der Waals surface area contributed by atoms with Gasteiger partial charge in [-0.1, -0.05) is 19.8 Å². The average Bonchev–Trinajstić information content (AvgIpc) is 2.96. The third kappa shape index (κ3) is 2.65. The molecule has 1 nitrogen and oxygen atoms in total. The van der Waals surface area contributed by atoms with Crippen molar-refractivity contribution in [3.05, 3.63) is 33.4 Å². The number of benzene rings is 1. The van der Waals surface area contributed by atoms with E-state index in [2.05, 4.69) is 46.9 Å². The van der Waals surface area contributed by atoms with Crippen LogP contribution < -0.4 is 5.32 Å². The van der Waals surface area contributed by atoms with Gasteiger partial charge in [0.25, 0.3) is 0 Å². The molecule has 1 fully saturated rings. The number of rotatable bonds is 4. The van der Waals surface area contributed by atoms with Crippen molar-refractivity contribution in [2.45, 2.75) is 73.3 Å². The van der Waals surface area contributed by atoms with Gasteiger partial charge in [-0.25, -0.2) is 0 Å². The van der Waals surface area contributed by atoms with E-state index in [-0.39, 0.29) is 0 Å². The summed E-state index contributed by atoms with van der Waals surface area (Å²) in [5, 5.41) is 3.80. The van der Waals surface area contributed by atoms with Gasteiger partial charge in [-0.05, 0) is 93.3 Å². The lowest BCUT2D eigenvalue weighted by atomic mass is 9.81. The molecule has 0 radical (unpaired) electrons. The Balaban J connectivity index is 2.52. The molecule has 0 aromatic heterocycles. The van der Waals surface area contributed by atoms with Crippen molar-refractivity contribution in [3.8, 4) is 0 Å². The molecule has 1 heteroatoms. The molecule has 1 saturated carbocycles. The SMILES string of the molecule is CCNC(c1c(C)c(C)c(C)c(C)c1C)C1CCCC1. The van der Waals surface area contributed by atoms with E-state index in [0.717, 1.165) is 12.5 Å². The van der Waals surface area contributed by atoms with Crippen LogP contribution in [0.1, 0.15) is 72.0 Å². The van der Waals surface area contributed by atoms with E-state index in [1.807, 2.05) is 0 Å². The van der Waals surface area contributed by atoms with E-state index in [1.54, 1.807) is 5.56 Å². The van der Waals surface area contributed by atoms with Crippen LogP contribution in [0.5, 0.6) is 0 Å². The molecule has 112 valence electrons. The topological polar surface area (TPSA) is 12.0 Å². The molecule has 1 N–H and O–H groups in total. The van der Waals surface area contributed by atoms with Gasteiger partial charge in [-0.15, -0.1) is 0 Å². The molecule has 0 saturated heterocycles. The predicted octanol–water partition coefficient (Wildman–Crippen LogP) is 5.07. The van der Waals surface area contributed by atoms with Crippen molar-refractivity contribution in [1.82, 2.24) is 5.32 Å². The third-order valence-corrected chi connectivity index (χ3v) is 5.66. The van der Waals surface area contributed by atoms with Gasteiger partial charge < -0.3 is 5.32 Å². The Hall–Kier alpha value is -0.820. The Kier molecular flexibility index (Phi) is 4.90. The van der Waals surface area contributed by atoms with E-state index < -0.39 is 0 Å². The minimum Gasteiger partial charge on any atom is -0.310 e. The van der Waals surface area contributed by atoms with Crippen molar-refractivity contribution < 1.29 is 0 Å². The quantitative estimate of drug-likeness (QED) is 0.807. The lowest BCUT2D eigenvalue weighted by molar-refractivity contribution is 0.371. The van der Waals surface area contributed by atoms with Gasteiger partial charge in [0.1, 0.15) is 0 Å². The fraction of sp³-hybridized carbons (Fsp3) is 0.684. The van der Waals surface area contributed by atoms with Crippen LogP contribution in [0.2, 0.25) is 0 Å². The summed E-state index contributed by atoms with van der Waals surface area (Å²) in [7, 11) is 0. The Labute approximate surface area is 125 Å². The van der Waals surface area contributed by atoms with Crippen molar-refractivity contribution in [2.24, 2.45) is 5.92 Å². The first-order valence-corrected chi connectivity index (χ1v) is 8.29. The summed E-state index contributed by atoms with van der Waals surface area (Å²) in [5.41, 5.74) is 9.09. The highest BCUT2D eigenvalue weighted by Crippen LogP contribution is 2.40. The number of hydrogen-bond acceptors (Lipinski definition) is 1. The largest absolute Gasteiger partial charge is 0.310 e. The molecule has 1 aliphatic carbocycles. The second kappa shape index (κ2) is 6.30. The third-order valence-electron chi connectivity index (χ3n) is 5.66. The van der Waals surface area contributed by atoms with Crippen LogP contribution in [0.3, 0.4) is 0 Å². The molecule has 0 heterocycles. The fourth-order valence-corrected chi connectivity index (χ4v) is 4.01. The highest BCUT2D eigenvalue weighted by atomic mass is 14.9.